The fourth-order valence-electron chi connectivity index (χ4n) is 2.64. The van der Waals surface area contributed by atoms with E-state index < -0.39 is 0 Å². The third-order valence-corrected chi connectivity index (χ3v) is 3.65. The van der Waals surface area contributed by atoms with E-state index in [9.17, 15) is 0 Å². The minimum absolute atomic E-state index is 0.642. The first-order valence-corrected chi connectivity index (χ1v) is 6.20. The Balaban J connectivity index is 2.30. The van der Waals surface area contributed by atoms with Crippen LogP contribution in [0.15, 0.2) is 0 Å². The molecule has 2 N–H and O–H groups in total. The van der Waals surface area contributed by atoms with Gasteiger partial charge in [-0.2, -0.15) is 5.10 Å². The van der Waals surface area contributed by atoms with E-state index in [1.165, 1.54) is 25.7 Å². The molecular weight excluding hydrogens is 200 g/mol. The van der Waals surface area contributed by atoms with Crippen LogP contribution >= 0.6 is 0 Å². The number of aryl methyl sites for hydroxylation is 2. The molecule has 1 aromatic heterocycles. The standard InChI is InChI=1S/C12H22N4/c1-4-16-12(11(13)9(2)14-16)15(3)10-7-5-6-8-10/h10H,4-8,13H2,1-3H3. The zero-order chi connectivity index (χ0) is 11.7. The van der Waals surface area contributed by atoms with Crippen LogP contribution in [-0.2, 0) is 6.54 Å². The minimum atomic E-state index is 0.642. The van der Waals surface area contributed by atoms with Crippen molar-refractivity contribution in [3.63, 3.8) is 0 Å². The van der Waals surface area contributed by atoms with E-state index in [-0.39, 0.29) is 0 Å². The Kier molecular flexibility index (Phi) is 3.08. The molecule has 0 aliphatic heterocycles. The van der Waals surface area contributed by atoms with Crippen LogP contribution in [-0.4, -0.2) is 22.9 Å². The summed E-state index contributed by atoms with van der Waals surface area (Å²) in [7, 11) is 2.15. The van der Waals surface area contributed by atoms with E-state index in [2.05, 4.69) is 24.0 Å². The first kappa shape index (κ1) is 11.3. The molecule has 1 aromatic rings. The van der Waals surface area contributed by atoms with Crippen molar-refractivity contribution in [2.45, 2.75) is 52.1 Å². The van der Waals surface area contributed by atoms with Crippen LogP contribution in [0.1, 0.15) is 38.3 Å². The van der Waals surface area contributed by atoms with Gasteiger partial charge in [0.2, 0.25) is 0 Å². The quantitative estimate of drug-likeness (QED) is 0.852. The van der Waals surface area contributed by atoms with Gasteiger partial charge in [0.05, 0.1) is 11.4 Å². The minimum Gasteiger partial charge on any atom is -0.394 e. The Morgan fingerprint density at radius 1 is 1.44 bits per heavy atom. The Bertz CT molecular complexity index is 363. The van der Waals surface area contributed by atoms with Crippen LogP contribution in [0.2, 0.25) is 0 Å². The molecule has 1 aliphatic carbocycles. The lowest BCUT2D eigenvalue weighted by Gasteiger charge is -2.27. The van der Waals surface area contributed by atoms with Gasteiger partial charge in [-0.15, -0.1) is 0 Å². The molecule has 16 heavy (non-hydrogen) atoms. The van der Waals surface area contributed by atoms with Crippen molar-refractivity contribution in [3.05, 3.63) is 5.69 Å². The van der Waals surface area contributed by atoms with E-state index in [1.807, 2.05) is 11.6 Å². The van der Waals surface area contributed by atoms with Gasteiger partial charge in [0, 0.05) is 19.6 Å². The van der Waals surface area contributed by atoms with E-state index >= 15 is 0 Å². The highest BCUT2D eigenvalue weighted by Gasteiger charge is 2.24. The molecule has 90 valence electrons. The molecule has 2 rings (SSSR count). The van der Waals surface area contributed by atoms with E-state index in [0.29, 0.717) is 6.04 Å². The lowest BCUT2D eigenvalue weighted by Crippen LogP contribution is -2.31. The Labute approximate surface area is 97.4 Å². The smallest absolute Gasteiger partial charge is 0.150 e. The highest BCUT2D eigenvalue weighted by Crippen LogP contribution is 2.32. The van der Waals surface area contributed by atoms with Gasteiger partial charge in [0.1, 0.15) is 0 Å². The van der Waals surface area contributed by atoms with Crippen LogP contribution in [0.3, 0.4) is 0 Å². The number of nitrogens with two attached hydrogens (primary N) is 1. The van der Waals surface area contributed by atoms with Crippen molar-refractivity contribution >= 4 is 11.5 Å². The molecule has 1 fully saturated rings. The van der Waals surface area contributed by atoms with E-state index in [0.717, 1.165) is 23.7 Å². The summed E-state index contributed by atoms with van der Waals surface area (Å²) in [6.07, 6.45) is 5.25. The summed E-state index contributed by atoms with van der Waals surface area (Å²) < 4.78 is 2.02. The van der Waals surface area contributed by atoms with Crippen LogP contribution in [0.5, 0.6) is 0 Å². The van der Waals surface area contributed by atoms with Crippen molar-refractivity contribution in [2.75, 3.05) is 17.7 Å². The molecule has 0 spiro atoms. The van der Waals surface area contributed by atoms with Gasteiger partial charge in [0.15, 0.2) is 5.82 Å². The third-order valence-electron chi connectivity index (χ3n) is 3.65. The highest BCUT2D eigenvalue weighted by molar-refractivity contribution is 5.66. The molecule has 4 nitrogen and oxygen atoms in total. The fraction of sp³-hybridized carbons (Fsp3) is 0.750. The summed E-state index contributed by atoms with van der Waals surface area (Å²) in [6.45, 7) is 4.97. The average molecular weight is 222 g/mol. The normalized spacial score (nSPS) is 16.9. The molecule has 0 bridgehead atoms. The molecule has 4 heteroatoms. The number of nitrogen functional groups attached to an aromatic ring is 1. The third kappa shape index (κ3) is 1.77. The average Bonchev–Trinajstić information content (AvgIpc) is 2.88. The molecular formula is C12H22N4. The van der Waals surface area contributed by atoms with Crippen LogP contribution in [0.4, 0.5) is 11.5 Å². The fourth-order valence-corrected chi connectivity index (χ4v) is 2.64. The molecule has 1 saturated carbocycles. The monoisotopic (exact) mass is 222 g/mol. The van der Waals surface area contributed by atoms with Crippen molar-refractivity contribution < 1.29 is 0 Å². The van der Waals surface area contributed by atoms with Crippen LogP contribution in [0, 0.1) is 6.92 Å². The van der Waals surface area contributed by atoms with Crippen LogP contribution < -0.4 is 10.6 Å². The molecule has 1 aliphatic rings. The second-order valence-electron chi connectivity index (χ2n) is 4.69. The molecule has 0 radical (unpaired) electrons. The van der Waals surface area contributed by atoms with Gasteiger partial charge in [-0.25, -0.2) is 4.68 Å². The van der Waals surface area contributed by atoms with Crippen molar-refractivity contribution in [2.24, 2.45) is 0 Å². The largest absolute Gasteiger partial charge is 0.394 e. The summed E-state index contributed by atoms with van der Waals surface area (Å²) in [6, 6.07) is 0.642. The van der Waals surface area contributed by atoms with Crippen LogP contribution in [0.25, 0.3) is 0 Å². The second-order valence-corrected chi connectivity index (χ2v) is 4.69. The predicted molar refractivity (Wildman–Crippen MR) is 67.7 cm³/mol. The first-order valence-electron chi connectivity index (χ1n) is 6.20. The summed E-state index contributed by atoms with van der Waals surface area (Å²) in [5.74, 6) is 1.10. The Hall–Kier alpha value is -1.19. The predicted octanol–water partition coefficient (Wildman–Crippen LogP) is 2.17. The molecule has 0 atom stereocenters. The molecule has 0 unspecified atom stereocenters. The van der Waals surface area contributed by atoms with Gasteiger partial charge < -0.3 is 10.6 Å². The van der Waals surface area contributed by atoms with Crippen molar-refractivity contribution in [3.8, 4) is 0 Å². The maximum Gasteiger partial charge on any atom is 0.150 e. The zero-order valence-electron chi connectivity index (χ0n) is 10.5. The molecule has 0 amide bonds. The summed E-state index contributed by atoms with van der Waals surface area (Å²) in [4.78, 5) is 2.33. The van der Waals surface area contributed by atoms with Gasteiger partial charge in [0.25, 0.3) is 0 Å². The maximum atomic E-state index is 6.12. The lowest BCUT2D eigenvalue weighted by atomic mass is 10.2. The van der Waals surface area contributed by atoms with Gasteiger partial charge in [-0.1, -0.05) is 12.8 Å². The number of nitrogens with zero attached hydrogens (tertiary/aromatic N) is 3. The van der Waals surface area contributed by atoms with Gasteiger partial charge in [-0.05, 0) is 26.7 Å². The first-order chi connectivity index (χ1) is 7.65. The van der Waals surface area contributed by atoms with E-state index in [4.69, 9.17) is 5.73 Å². The molecule has 0 saturated heterocycles. The maximum absolute atomic E-state index is 6.12. The molecule has 0 aromatic carbocycles. The Morgan fingerprint density at radius 2 is 2.06 bits per heavy atom. The molecule has 1 heterocycles. The summed E-state index contributed by atoms with van der Waals surface area (Å²) in [5, 5.41) is 4.47. The van der Waals surface area contributed by atoms with E-state index in [1.54, 1.807) is 0 Å². The lowest BCUT2D eigenvalue weighted by molar-refractivity contribution is 0.593. The number of rotatable bonds is 3. The Morgan fingerprint density at radius 3 is 2.62 bits per heavy atom. The van der Waals surface area contributed by atoms with Gasteiger partial charge in [-0.3, -0.25) is 0 Å². The zero-order valence-corrected chi connectivity index (χ0v) is 10.5. The summed E-state index contributed by atoms with van der Waals surface area (Å²) >= 11 is 0. The SMILES string of the molecule is CCn1nc(C)c(N)c1N(C)C1CCCC1. The van der Waals surface area contributed by atoms with Gasteiger partial charge >= 0.3 is 0 Å². The number of aromatic nitrogens is 2. The van der Waals surface area contributed by atoms with Crippen molar-refractivity contribution in [1.82, 2.24) is 9.78 Å². The summed E-state index contributed by atoms with van der Waals surface area (Å²) in [5.41, 5.74) is 7.91. The van der Waals surface area contributed by atoms with Crippen molar-refractivity contribution in [1.29, 1.82) is 0 Å². The number of hydrogen-bond acceptors (Lipinski definition) is 3. The highest BCUT2D eigenvalue weighted by atomic mass is 15.4. The number of anilines is 2. The second kappa shape index (κ2) is 4.36. The topological polar surface area (TPSA) is 47.1 Å². The number of hydrogen-bond donors (Lipinski definition) is 1.